The molecule has 276 valence electrons. The molecule has 51 heavy (non-hydrogen) atoms. The first kappa shape index (κ1) is 41.3. The molecule has 0 unspecified atom stereocenters. The van der Waals surface area contributed by atoms with Gasteiger partial charge in [-0.3, -0.25) is 30.0 Å². The lowest BCUT2D eigenvalue weighted by molar-refractivity contribution is -0.130. The standard InChI is InChI=1S/C35H49N9O7/c1-22(2)19-27(32(47)37-5)40-33(48)28(20-24-11-8-7-9-12-24)41-34(49)38-16-18-44(17-10-15-36)35(50)39-25-13-14-29(51-6)26(21-25)31(46)43-42-30(45)23(3)4/h7-9,11-14,21-23,27-28H,10,16-20H2,1-6H3,(H,37,47)(H,39,50)(H,40,48)(H,42,45)(H,43,46)(H2,38,41,49)/t27-,28-/m0/s1. The Morgan fingerprint density at radius 2 is 1.57 bits per heavy atom. The summed E-state index contributed by atoms with van der Waals surface area (Å²) in [4.78, 5) is 78.1. The summed E-state index contributed by atoms with van der Waals surface area (Å²) in [5.74, 6) is -1.99. The molecule has 0 fully saturated rings. The van der Waals surface area contributed by atoms with Gasteiger partial charge in [0.15, 0.2) is 0 Å². The molecule has 0 aromatic heterocycles. The predicted molar refractivity (Wildman–Crippen MR) is 190 cm³/mol. The van der Waals surface area contributed by atoms with Crippen molar-refractivity contribution in [1.29, 1.82) is 5.26 Å². The summed E-state index contributed by atoms with van der Waals surface area (Å²) < 4.78 is 5.26. The Kier molecular flexibility index (Phi) is 17.2. The van der Waals surface area contributed by atoms with Crippen molar-refractivity contribution in [2.45, 2.75) is 59.0 Å². The normalized spacial score (nSPS) is 11.7. The first-order valence-electron chi connectivity index (χ1n) is 16.6. The number of ether oxygens (including phenoxy) is 1. The van der Waals surface area contributed by atoms with Gasteiger partial charge in [0.2, 0.25) is 17.7 Å². The molecule has 0 saturated heterocycles. The Hall–Kier alpha value is -5.85. The molecule has 0 aliphatic heterocycles. The van der Waals surface area contributed by atoms with E-state index in [2.05, 4.69) is 37.4 Å². The Morgan fingerprint density at radius 3 is 2.18 bits per heavy atom. The lowest BCUT2D eigenvalue weighted by Gasteiger charge is -2.25. The fourth-order valence-electron chi connectivity index (χ4n) is 4.72. The molecule has 0 spiro atoms. The van der Waals surface area contributed by atoms with Crippen LogP contribution < -0.4 is 42.2 Å². The fraction of sp³-hybridized carbons (Fsp3) is 0.457. The number of rotatable bonds is 17. The fourth-order valence-corrected chi connectivity index (χ4v) is 4.72. The van der Waals surface area contributed by atoms with E-state index in [1.165, 1.54) is 37.3 Å². The third-order valence-electron chi connectivity index (χ3n) is 7.46. The highest BCUT2D eigenvalue weighted by molar-refractivity contribution is 6.00. The van der Waals surface area contributed by atoms with Crippen LogP contribution in [0.3, 0.4) is 0 Å². The molecule has 2 rings (SSSR count). The van der Waals surface area contributed by atoms with E-state index in [-0.39, 0.29) is 67.2 Å². The van der Waals surface area contributed by atoms with Gasteiger partial charge >= 0.3 is 12.1 Å². The third kappa shape index (κ3) is 14.3. The predicted octanol–water partition coefficient (Wildman–Crippen LogP) is 2.05. The zero-order valence-corrected chi connectivity index (χ0v) is 29.9. The monoisotopic (exact) mass is 707 g/mol. The molecule has 7 N–H and O–H groups in total. The lowest BCUT2D eigenvalue weighted by atomic mass is 10.0. The molecule has 2 aromatic rings. The number of hydrazine groups is 1. The molecule has 8 amide bonds. The van der Waals surface area contributed by atoms with E-state index in [1.54, 1.807) is 13.8 Å². The maximum atomic E-state index is 13.4. The van der Waals surface area contributed by atoms with Crippen molar-refractivity contribution < 1.29 is 33.5 Å². The number of nitrogens with one attached hydrogen (secondary N) is 7. The van der Waals surface area contributed by atoms with E-state index in [1.807, 2.05) is 50.2 Å². The number of hydrogen-bond donors (Lipinski definition) is 7. The van der Waals surface area contributed by atoms with E-state index in [0.29, 0.717) is 6.42 Å². The quantitative estimate of drug-likeness (QED) is 0.120. The average Bonchev–Trinajstić information content (AvgIpc) is 3.10. The number of carbonyl (C=O) groups excluding carboxylic acids is 6. The molecular weight excluding hydrogens is 658 g/mol. The maximum absolute atomic E-state index is 13.4. The second-order valence-corrected chi connectivity index (χ2v) is 12.3. The first-order chi connectivity index (χ1) is 24.3. The van der Waals surface area contributed by atoms with Gasteiger partial charge in [-0.1, -0.05) is 58.0 Å². The van der Waals surface area contributed by atoms with Crippen LogP contribution in [0.1, 0.15) is 56.5 Å². The van der Waals surface area contributed by atoms with Crippen molar-refractivity contribution in [2.24, 2.45) is 11.8 Å². The number of hydrogen-bond acceptors (Lipinski definition) is 8. The molecule has 0 aliphatic rings. The van der Waals surface area contributed by atoms with E-state index in [4.69, 9.17) is 4.74 Å². The zero-order valence-electron chi connectivity index (χ0n) is 29.9. The summed E-state index contributed by atoms with van der Waals surface area (Å²) in [5.41, 5.74) is 5.70. The Balaban J connectivity index is 2.11. The van der Waals surface area contributed by atoms with Crippen LogP contribution in [-0.2, 0) is 20.8 Å². The molecule has 16 heteroatoms. The van der Waals surface area contributed by atoms with Crippen LogP contribution in [0.15, 0.2) is 48.5 Å². The molecule has 0 bridgehead atoms. The number of amides is 8. The summed E-state index contributed by atoms with van der Waals surface area (Å²) >= 11 is 0. The van der Waals surface area contributed by atoms with Crippen molar-refractivity contribution in [3.05, 3.63) is 59.7 Å². The summed E-state index contributed by atoms with van der Waals surface area (Å²) in [7, 11) is 2.86. The van der Waals surface area contributed by atoms with Gasteiger partial charge in [0.25, 0.3) is 5.91 Å². The number of nitriles is 1. The van der Waals surface area contributed by atoms with Crippen LogP contribution in [0.2, 0.25) is 0 Å². The van der Waals surface area contributed by atoms with Gasteiger partial charge in [-0.2, -0.15) is 5.26 Å². The smallest absolute Gasteiger partial charge is 0.321 e. The second-order valence-electron chi connectivity index (χ2n) is 12.3. The highest BCUT2D eigenvalue weighted by Gasteiger charge is 2.27. The number of methoxy groups -OCH3 is 1. The van der Waals surface area contributed by atoms with Gasteiger partial charge < -0.3 is 36.2 Å². The maximum Gasteiger partial charge on any atom is 0.321 e. The Bertz CT molecular complexity index is 1540. The van der Waals surface area contributed by atoms with Gasteiger partial charge in [0.05, 0.1) is 25.2 Å². The molecule has 2 atom stereocenters. The minimum atomic E-state index is -1.02. The van der Waals surface area contributed by atoms with E-state index in [0.717, 1.165) is 5.56 Å². The van der Waals surface area contributed by atoms with Crippen LogP contribution in [-0.4, -0.2) is 86.5 Å². The summed E-state index contributed by atoms with van der Waals surface area (Å²) in [6, 6.07) is 12.3. The van der Waals surface area contributed by atoms with Gasteiger partial charge in [0, 0.05) is 44.7 Å². The number of likely N-dealkylation sites (N-methyl/N-ethyl adjacent to an activating group) is 1. The summed E-state index contributed by atoms with van der Waals surface area (Å²) in [6.07, 6.45) is 0.566. The third-order valence-corrected chi connectivity index (χ3v) is 7.46. The number of nitrogens with zero attached hydrogens (tertiary/aromatic N) is 2. The largest absolute Gasteiger partial charge is 0.496 e. The number of carbonyl (C=O) groups is 6. The highest BCUT2D eigenvalue weighted by atomic mass is 16.5. The van der Waals surface area contributed by atoms with Gasteiger partial charge in [-0.25, -0.2) is 9.59 Å². The van der Waals surface area contributed by atoms with Crippen molar-refractivity contribution in [3.8, 4) is 11.8 Å². The zero-order chi connectivity index (χ0) is 37.9. The topological polar surface area (TPSA) is 223 Å². The van der Waals surface area contributed by atoms with Gasteiger partial charge in [-0.05, 0) is 36.1 Å². The van der Waals surface area contributed by atoms with Gasteiger partial charge in [-0.15, -0.1) is 0 Å². The molecule has 0 radical (unpaired) electrons. The van der Waals surface area contributed by atoms with Crippen molar-refractivity contribution in [1.82, 2.24) is 37.0 Å². The number of urea groups is 2. The average molecular weight is 708 g/mol. The van der Waals surface area contributed by atoms with Crippen LogP contribution >= 0.6 is 0 Å². The van der Waals surface area contributed by atoms with E-state index >= 15 is 0 Å². The molecule has 2 aromatic carbocycles. The second kappa shape index (κ2) is 21.3. The van der Waals surface area contributed by atoms with Crippen molar-refractivity contribution in [3.63, 3.8) is 0 Å². The van der Waals surface area contributed by atoms with Gasteiger partial charge in [0.1, 0.15) is 17.8 Å². The van der Waals surface area contributed by atoms with E-state index in [9.17, 15) is 34.0 Å². The molecule has 16 nitrogen and oxygen atoms in total. The summed E-state index contributed by atoms with van der Waals surface area (Å²) in [6.45, 7) is 7.18. The van der Waals surface area contributed by atoms with Crippen LogP contribution in [0.5, 0.6) is 5.75 Å². The van der Waals surface area contributed by atoms with E-state index < -0.39 is 41.9 Å². The van der Waals surface area contributed by atoms with Crippen LogP contribution in [0, 0.1) is 23.2 Å². The molecular formula is C35H49N9O7. The minimum Gasteiger partial charge on any atom is -0.496 e. The first-order valence-corrected chi connectivity index (χ1v) is 16.6. The van der Waals surface area contributed by atoms with Crippen molar-refractivity contribution >= 4 is 41.4 Å². The molecule has 0 saturated carbocycles. The Morgan fingerprint density at radius 1 is 0.863 bits per heavy atom. The number of anilines is 1. The molecule has 0 aliphatic carbocycles. The summed E-state index contributed by atoms with van der Waals surface area (Å²) in [5, 5.41) is 22.5. The minimum absolute atomic E-state index is 0.00561. The Labute approximate surface area is 298 Å². The lowest BCUT2D eigenvalue weighted by Crippen LogP contribution is -2.56. The van der Waals surface area contributed by atoms with Crippen LogP contribution in [0.4, 0.5) is 15.3 Å². The SMILES string of the molecule is CNC(=O)[C@H](CC(C)C)NC(=O)[C@H](Cc1ccccc1)NC(=O)NCCN(CCC#N)C(=O)Nc1ccc(OC)c(C(=O)NNC(=O)C(C)C)c1. The number of benzene rings is 2. The van der Waals surface area contributed by atoms with Crippen molar-refractivity contribution in [2.75, 3.05) is 39.1 Å². The highest BCUT2D eigenvalue weighted by Crippen LogP contribution is 2.23. The molecule has 0 heterocycles. The van der Waals surface area contributed by atoms with Crippen LogP contribution in [0.25, 0.3) is 0 Å².